The summed E-state index contributed by atoms with van der Waals surface area (Å²) in [6, 6.07) is 14.7. The number of para-hydroxylation sites is 1. The number of rotatable bonds is 3. The summed E-state index contributed by atoms with van der Waals surface area (Å²) in [5.74, 6) is -0.265. The van der Waals surface area contributed by atoms with Gasteiger partial charge in [0.1, 0.15) is 5.69 Å². The van der Waals surface area contributed by atoms with Crippen LogP contribution in [0.15, 0.2) is 48.5 Å². The first-order valence-corrected chi connectivity index (χ1v) is 8.32. The van der Waals surface area contributed by atoms with Crippen LogP contribution in [0.5, 0.6) is 0 Å². The van der Waals surface area contributed by atoms with Gasteiger partial charge in [0, 0.05) is 23.1 Å². The predicted octanol–water partition coefficient (Wildman–Crippen LogP) is 3.11. The highest BCUT2D eigenvalue weighted by molar-refractivity contribution is 6.29. The highest BCUT2D eigenvalue weighted by Crippen LogP contribution is 2.32. The number of aromatic nitrogens is 1. The topological polar surface area (TPSA) is 50.3 Å². The highest BCUT2D eigenvalue weighted by Gasteiger charge is 2.33. The molecule has 0 atom stereocenters. The third kappa shape index (κ3) is 2.46. The molecule has 2 aromatic carbocycles. The fraction of sp³-hybridized carbons (Fsp3) is 0.190. The number of fused-ring (bicyclic) bond motifs is 3. The molecule has 4 nitrogen and oxygen atoms in total. The van der Waals surface area contributed by atoms with Crippen molar-refractivity contribution in [2.75, 3.05) is 20.6 Å². The predicted molar refractivity (Wildman–Crippen MR) is 97.3 cm³/mol. The van der Waals surface area contributed by atoms with E-state index in [0.29, 0.717) is 23.1 Å². The summed E-state index contributed by atoms with van der Waals surface area (Å²) >= 11 is 0. The number of hydrogen-bond acceptors (Lipinski definition) is 4. The van der Waals surface area contributed by atoms with Crippen LogP contribution in [0.2, 0.25) is 0 Å². The highest BCUT2D eigenvalue weighted by atomic mass is 16.1. The normalized spacial score (nSPS) is 13.2. The van der Waals surface area contributed by atoms with Crippen molar-refractivity contribution in [1.29, 1.82) is 0 Å². The molecule has 0 spiro atoms. The summed E-state index contributed by atoms with van der Waals surface area (Å²) < 4.78 is 0. The van der Waals surface area contributed by atoms with Crippen molar-refractivity contribution in [3.8, 4) is 0 Å². The number of carbonyl (C=O) groups excluding carboxylic acids is 2. The van der Waals surface area contributed by atoms with Crippen LogP contribution in [0.1, 0.15) is 37.5 Å². The second kappa shape index (κ2) is 5.90. The van der Waals surface area contributed by atoms with Crippen molar-refractivity contribution < 1.29 is 9.59 Å². The van der Waals surface area contributed by atoms with Crippen molar-refractivity contribution in [3.05, 3.63) is 76.5 Å². The SMILES string of the molecule is CN(C)CCc1c2c(nc3ccccc13)C(=O)c1ccccc1C2=O. The van der Waals surface area contributed by atoms with Crippen LogP contribution in [0, 0.1) is 0 Å². The molecular weight excluding hydrogens is 312 g/mol. The Morgan fingerprint density at radius 2 is 1.52 bits per heavy atom. The van der Waals surface area contributed by atoms with Gasteiger partial charge in [-0.05, 0) is 32.1 Å². The Hall–Kier alpha value is -2.85. The maximum Gasteiger partial charge on any atom is 0.212 e. The van der Waals surface area contributed by atoms with Gasteiger partial charge >= 0.3 is 0 Å². The maximum atomic E-state index is 13.2. The third-order valence-corrected chi connectivity index (χ3v) is 4.67. The van der Waals surface area contributed by atoms with Gasteiger partial charge in [0.05, 0.1) is 11.1 Å². The van der Waals surface area contributed by atoms with Gasteiger partial charge in [0.15, 0.2) is 5.78 Å². The van der Waals surface area contributed by atoms with Gasteiger partial charge in [-0.1, -0.05) is 42.5 Å². The molecule has 25 heavy (non-hydrogen) atoms. The lowest BCUT2D eigenvalue weighted by Gasteiger charge is -2.22. The smallest absolute Gasteiger partial charge is 0.212 e. The Balaban J connectivity index is 2.02. The molecule has 4 heteroatoms. The van der Waals surface area contributed by atoms with E-state index >= 15 is 0 Å². The molecule has 0 amide bonds. The molecule has 0 N–H and O–H groups in total. The second-order valence-electron chi connectivity index (χ2n) is 6.59. The number of carbonyl (C=O) groups is 2. The molecule has 1 heterocycles. The first kappa shape index (κ1) is 15.7. The molecule has 0 bridgehead atoms. The zero-order valence-electron chi connectivity index (χ0n) is 14.2. The average Bonchev–Trinajstić information content (AvgIpc) is 2.63. The van der Waals surface area contributed by atoms with Crippen LogP contribution in [-0.4, -0.2) is 42.1 Å². The molecule has 0 fully saturated rings. The Kier molecular flexibility index (Phi) is 3.70. The number of likely N-dealkylation sites (N-methyl/N-ethyl adjacent to an activating group) is 1. The lowest BCUT2D eigenvalue weighted by atomic mass is 9.83. The lowest BCUT2D eigenvalue weighted by Crippen LogP contribution is -2.25. The summed E-state index contributed by atoms with van der Waals surface area (Å²) in [7, 11) is 4.00. The maximum absolute atomic E-state index is 13.2. The standard InChI is InChI=1S/C21H18N2O2/c1-23(2)12-11-14-13-7-5-6-10-17(13)22-19-18(14)20(24)15-8-3-4-9-16(15)21(19)25/h3-10H,11-12H2,1-2H3. The largest absolute Gasteiger partial charge is 0.309 e. The minimum Gasteiger partial charge on any atom is -0.309 e. The van der Waals surface area contributed by atoms with Crippen molar-refractivity contribution in [2.24, 2.45) is 0 Å². The van der Waals surface area contributed by atoms with Crippen LogP contribution < -0.4 is 0 Å². The van der Waals surface area contributed by atoms with Crippen LogP contribution >= 0.6 is 0 Å². The molecule has 0 radical (unpaired) electrons. The van der Waals surface area contributed by atoms with E-state index in [1.807, 2.05) is 38.4 Å². The van der Waals surface area contributed by atoms with E-state index in [0.717, 1.165) is 23.0 Å². The number of ketones is 2. The summed E-state index contributed by atoms with van der Waals surface area (Å²) in [5.41, 5.74) is 3.36. The van der Waals surface area contributed by atoms with E-state index in [1.165, 1.54) is 0 Å². The van der Waals surface area contributed by atoms with Crippen molar-refractivity contribution >= 4 is 22.5 Å². The molecule has 0 unspecified atom stereocenters. The minimum atomic E-state index is -0.165. The Morgan fingerprint density at radius 3 is 2.24 bits per heavy atom. The Morgan fingerprint density at radius 1 is 0.880 bits per heavy atom. The summed E-state index contributed by atoms with van der Waals surface area (Å²) in [4.78, 5) is 32.7. The average molecular weight is 330 g/mol. The van der Waals surface area contributed by atoms with Crippen molar-refractivity contribution in [2.45, 2.75) is 6.42 Å². The quantitative estimate of drug-likeness (QED) is 0.579. The summed E-state index contributed by atoms with van der Waals surface area (Å²) in [5, 5.41) is 0.948. The van der Waals surface area contributed by atoms with Gasteiger partial charge in [-0.15, -0.1) is 0 Å². The van der Waals surface area contributed by atoms with Gasteiger partial charge in [0.25, 0.3) is 0 Å². The molecule has 1 aliphatic rings. The van der Waals surface area contributed by atoms with E-state index < -0.39 is 0 Å². The van der Waals surface area contributed by atoms with Gasteiger partial charge in [-0.3, -0.25) is 9.59 Å². The molecular formula is C21H18N2O2. The second-order valence-corrected chi connectivity index (χ2v) is 6.59. The van der Waals surface area contributed by atoms with Gasteiger partial charge in [-0.25, -0.2) is 4.98 Å². The number of nitrogens with zero attached hydrogens (tertiary/aromatic N) is 2. The fourth-order valence-electron chi connectivity index (χ4n) is 3.43. The van der Waals surface area contributed by atoms with Crippen LogP contribution in [0.4, 0.5) is 0 Å². The Labute approximate surface area is 146 Å². The number of hydrogen-bond donors (Lipinski definition) is 0. The minimum absolute atomic E-state index is 0.0998. The van der Waals surface area contributed by atoms with E-state index in [1.54, 1.807) is 24.3 Å². The first-order valence-electron chi connectivity index (χ1n) is 8.32. The molecule has 1 aromatic heterocycles. The number of benzene rings is 2. The molecule has 0 aliphatic heterocycles. The monoisotopic (exact) mass is 330 g/mol. The lowest BCUT2D eigenvalue weighted by molar-refractivity contribution is 0.0975. The van der Waals surface area contributed by atoms with Crippen LogP contribution in [0.3, 0.4) is 0 Å². The van der Waals surface area contributed by atoms with Gasteiger partial charge in [-0.2, -0.15) is 0 Å². The van der Waals surface area contributed by atoms with E-state index in [9.17, 15) is 9.59 Å². The molecule has 0 saturated heterocycles. The number of pyridine rings is 1. The van der Waals surface area contributed by atoms with Crippen LogP contribution in [-0.2, 0) is 6.42 Å². The van der Waals surface area contributed by atoms with Gasteiger partial charge < -0.3 is 4.90 Å². The van der Waals surface area contributed by atoms with E-state index in [4.69, 9.17) is 0 Å². The molecule has 0 saturated carbocycles. The first-order chi connectivity index (χ1) is 12.1. The van der Waals surface area contributed by atoms with E-state index in [-0.39, 0.29) is 17.3 Å². The summed E-state index contributed by atoms with van der Waals surface area (Å²) in [6.45, 7) is 0.795. The fourth-order valence-corrected chi connectivity index (χ4v) is 3.43. The van der Waals surface area contributed by atoms with Crippen molar-refractivity contribution in [3.63, 3.8) is 0 Å². The molecule has 4 rings (SSSR count). The summed E-state index contributed by atoms with van der Waals surface area (Å²) in [6.07, 6.45) is 0.694. The zero-order valence-corrected chi connectivity index (χ0v) is 14.2. The Bertz CT molecular complexity index is 1020. The van der Waals surface area contributed by atoms with Crippen molar-refractivity contribution in [1.82, 2.24) is 9.88 Å². The molecule has 3 aromatic rings. The van der Waals surface area contributed by atoms with Gasteiger partial charge in [0.2, 0.25) is 5.78 Å². The molecule has 1 aliphatic carbocycles. The van der Waals surface area contributed by atoms with Crippen LogP contribution in [0.25, 0.3) is 10.9 Å². The zero-order chi connectivity index (χ0) is 17.6. The third-order valence-electron chi connectivity index (χ3n) is 4.67. The van der Waals surface area contributed by atoms with E-state index in [2.05, 4.69) is 9.88 Å². The molecule has 124 valence electrons.